The van der Waals surface area contributed by atoms with Gasteiger partial charge in [-0.1, -0.05) is 24.3 Å². The summed E-state index contributed by atoms with van der Waals surface area (Å²) in [4.78, 5) is 50.1. The van der Waals surface area contributed by atoms with Crippen molar-refractivity contribution < 1.29 is 23.9 Å². The highest BCUT2D eigenvalue weighted by Gasteiger charge is 2.39. The molecule has 0 bridgehead atoms. The number of nitrogens with zero attached hydrogens (tertiary/aromatic N) is 1. The predicted molar refractivity (Wildman–Crippen MR) is 115 cm³/mol. The maximum atomic E-state index is 12.9. The molecule has 2 aliphatic heterocycles. The molecule has 1 atom stereocenters. The first-order valence-electron chi connectivity index (χ1n) is 10.8. The number of nitrogens with one attached hydrogen (secondary N) is 2. The molecule has 3 aliphatic rings. The number of fused-ring (bicyclic) bond motifs is 1. The van der Waals surface area contributed by atoms with E-state index in [1.165, 1.54) is 23.3 Å². The second kappa shape index (κ2) is 8.11. The first-order valence-corrected chi connectivity index (χ1v) is 10.8. The number of amides is 4. The highest BCUT2D eigenvalue weighted by Crippen LogP contribution is 2.40. The van der Waals surface area contributed by atoms with Crippen LogP contribution in [0.5, 0.6) is 0 Å². The smallest absolute Gasteiger partial charge is 0.411 e. The van der Waals surface area contributed by atoms with Gasteiger partial charge in [0.1, 0.15) is 12.6 Å². The van der Waals surface area contributed by atoms with Crippen molar-refractivity contribution >= 4 is 29.5 Å². The van der Waals surface area contributed by atoms with Crippen LogP contribution in [-0.4, -0.2) is 34.8 Å². The molecule has 164 valence electrons. The Morgan fingerprint density at radius 1 is 1.09 bits per heavy atom. The topological polar surface area (TPSA) is 105 Å². The SMILES string of the molecule is O=C1CCC(N2Cc3ccc(COC(=O)Nc4cccc(C5CC5)c4)cc3C2=O)C(=O)N1. The van der Waals surface area contributed by atoms with E-state index in [2.05, 4.69) is 16.7 Å². The van der Waals surface area contributed by atoms with Crippen molar-refractivity contribution in [2.45, 2.75) is 50.8 Å². The molecule has 1 saturated carbocycles. The van der Waals surface area contributed by atoms with Gasteiger partial charge in [-0.05, 0) is 60.1 Å². The molecule has 1 unspecified atom stereocenters. The van der Waals surface area contributed by atoms with Crippen LogP contribution in [0, 0.1) is 0 Å². The molecule has 2 aromatic carbocycles. The molecule has 8 heteroatoms. The zero-order valence-corrected chi connectivity index (χ0v) is 17.4. The van der Waals surface area contributed by atoms with E-state index in [0.29, 0.717) is 35.7 Å². The number of carbonyl (C=O) groups excluding carboxylic acids is 4. The lowest BCUT2D eigenvalue weighted by Gasteiger charge is -2.29. The molecule has 4 amide bonds. The molecule has 5 rings (SSSR count). The van der Waals surface area contributed by atoms with Gasteiger partial charge in [0.15, 0.2) is 0 Å². The Hall–Kier alpha value is -3.68. The van der Waals surface area contributed by atoms with Crippen LogP contribution < -0.4 is 10.6 Å². The Labute approximate surface area is 184 Å². The van der Waals surface area contributed by atoms with E-state index in [1.54, 1.807) is 12.1 Å². The van der Waals surface area contributed by atoms with Crippen LogP contribution in [0.25, 0.3) is 0 Å². The van der Waals surface area contributed by atoms with Crippen molar-refractivity contribution in [3.63, 3.8) is 0 Å². The third kappa shape index (κ3) is 4.08. The number of ether oxygens (including phenoxy) is 1. The van der Waals surface area contributed by atoms with Gasteiger partial charge in [-0.3, -0.25) is 25.0 Å². The molecular formula is C24H23N3O5. The average Bonchev–Trinajstić information content (AvgIpc) is 3.58. The summed E-state index contributed by atoms with van der Waals surface area (Å²) in [5.41, 5.74) is 3.91. The van der Waals surface area contributed by atoms with E-state index < -0.39 is 18.0 Å². The number of anilines is 1. The number of imide groups is 1. The Morgan fingerprint density at radius 2 is 1.94 bits per heavy atom. The van der Waals surface area contributed by atoms with Crippen LogP contribution in [0.1, 0.15) is 58.6 Å². The van der Waals surface area contributed by atoms with Gasteiger partial charge in [-0.25, -0.2) is 4.79 Å². The van der Waals surface area contributed by atoms with E-state index in [-0.39, 0.29) is 24.8 Å². The van der Waals surface area contributed by atoms with Crippen LogP contribution >= 0.6 is 0 Å². The van der Waals surface area contributed by atoms with Gasteiger partial charge in [0.25, 0.3) is 5.91 Å². The fourth-order valence-corrected chi connectivity index (χ4v) is 4.28. The monoisotopic (exact) mass is 433 g/mol. The first-order chi connectivity index (χ1) is 15.5. The second-order valence-corrected chi connectivity index (χ2v) is 8.49. The van der Waals surface area contributed by atoms with Gasteiger partial charge in [-0.15, -0.1) is 0 Å². The quantitative estimate of drug-likeness (QED) is 0.705. The maximum Gasteiger partial charge on any atom is 0.411 e. The van der Waals surface area contributed by atoms with Gasteiger partial charge in [0.2, 0.25) is 11.8 Å². The first kappa shape index (κ1) is 20.2. The molecular weight excluding hydrogens is 410 g/mol. The summed E-state index contributed by atoms with van der Waals surface area (Å²) < 4.78 is 5.34. The van der Waals surface area contributed by atoms with Crippen LogP contribution in [0.4, 0.5) is 10.5 Å². The fourth-order valence-electron chi connectivity index (χ4n) is 4.28. The molecule has 0 radical (unpaired) electrons. The van der Waals surface area contributed by atoms with Gasteiger partial charge in [-0.2, -0.15) is 0 Å². The second-order valence-electron chi connectivity index (χ2n) is 8.49. The lowest BCUT2D eigenvalue weighted by atomic mass is 10.0. The van der Waals surface area contributed by atoms with Crippen LogP contribution in [0.3, 0.4) is 0 Å². The van der Waals surface area contributed by atoms with E-state index in [9.17, 15) is 19.2 Å². The number of piperidine rings is 1. The third-order valence-electron chi connectivity index (χ3n) is 6.14. The molecule has 8 nitrogen and oxygen atoms in total. The van der Waals surface area contributed by atoms with Crippen molar-refractivity contribution in [2.24, 2.45) is 0 Å². The van der Waals surface area contributed by atoms with Crippen molar-refractivity contribution in [2.75, 3.05) is 5.32 Å². The Kier molecular flexibility index (Phi) is 5.13. The summed E-state index contributed by atoms with van der Waals surface area (Å²) in [6.45, 7) is 0.340. The predicted octanol–water partition coefficient (Wildman–Crippen LogP) is 3.07. The minimum atomic E-state index is -0.649. The average molecular weight is 433 g/mol. The van der Waals surface area contributed by atoms with Crippen LogP contribution in [0.15, 0.2) is 42.5 Å². The Morgan fingerprint density at radius 3 is 2.72 bits per heavy atom. The van der Waals surface area contributed by atoms with Gasteiger partial charge >= 0.3 is 6.09 Å². The molecule has 1 aliphatic carbocycles. The highest BCUT2D eigenvalue weighted by molar-refractivity contribution is 6.05. The summed E-state index contributed by atoms with van der Waals surface area (Å²) in [6, 6.07) is 12.4. The summed E-state index contributed by atoms with van der Waals surface area (Å²) in [5.74, 6) is -0.407. The number of hydrogen-bond acceptors (Lipinski definition) is 5. The summed E-state index contributed by atoms with van der Waals surface area (Å²) in [7, 11) is 0. The maximum absolute atomic E-state index is 12.9. The van der Waals surface area contributed by atoms with Crippen molar-refractivity contribution in [1.29, 1.82) is 0 Å². The molecule has 2 aromatic rings. The van der Waals surface area contributed by atoms with Crippen molar-refractivity contribution in [1.82, 2.24) is 10.2 Å². The third-order valence-corrected chi connectivity index (χ3v) is 6.14. The zero-order valence-electron chi connectivity index (χ0n) is 17.4. The molecule has 1 saturated heterocycles. The number of benzene rings is 2. The molecule has 0 aromatic heterocycles. The lowest BCUT2D eigenvalue weighted by Crippen LogP contribution is -2.52. The Bertz CT molecular complexity index is 1120. The van der Waals surface area contributed by atoms with Crippen molar-refractivity contribution in [3.05, 3.63) is 64.7 Å². The van der Waals surface area contributed by atoms with Gasteiger partial charge < -0.3 is 9.64 Å². The molecule has 2 heterocycles. The van der Waals surface area contributed by atoms with E-state index >= 15 is 0 Å². The lowest BCUT2D eigenvalue weighted by molar-refractivity contribution is -0.136. The summed E-state index contributed by atoms with van der Waals surface area (Å²) in [5, 5.41) is 5.04. The summed E-state index contributed by atoms with van der Waals surface area (Å²) in [6.07, 6.45) is 2.35. The summed E-state index contributed by atoms with van der Waals surface area (Å²) >= 11 is 0. The highest BCUT2D eigenvalue weighted by atomic mass is 16.5. The van der Waals surface area contributed by atoms with Crippen LogP contribution in [0.2, 0.25) is 0 Å². The normalized spacial score (nSPS) is 20.1. The number of rotatable bonds is 5. The van der Waals surface area contributed by atoms with Crippen LogP contribution in [-0.2, 0) is 27.5 Å². The largest absolute Gasteiger partial charge is 0.444 e. The number of hydrogen-bond donors (Lipinski definition) is 2. The van der Waals surface area contributed by atoms with Gasteiger partial charge in [0.05, 0.1) is 0 Å². The van der Waals surface area contributed by atoms with Gasteiger partial charge in [0, 0.05) is 24.2 Å². The minimum Gasteiger partial charge on any atom is -0.444 e. The van der Waals surface area contributed by atoms with E-state index in [0.717, 1.165) is 5.56 Å². The Balaban J connectivity index is 1.20. The minimum absolute atomic E-state index is 0.0210. The van der Waals surface area contributed by atoms with E-state index in [4.69, 9.17) is 4.74 Å². The standard InChI is InChI=1S/C24H23N3O5/c28-21-9-8-20(22(29)26-21)27-12-17-5-4-14(10-19(17)23(27)30)13-32-24(31)25-18-3-1-2-16(11-18)15-6-7-15/h1-5,10-11,15,20H,6-9,12-13H2,(H,25,31)(H,26,28,29). The fraction of sp³-hybridized carbons (Fsp3) is 0.333. The molecule has 2 fully saturated rings. The molecule has 32 heavy (non-hydrogen) atoms. The van der Waals surface area contributed by atoms with Crippen molar-refractivity contribution in [3.8, 4) is 0 Å². The number of carbonyl (C=O) groups is 4. The molecule has 0 spiro atoms. The molecule has 2 N–H and O–H groups in total. The van der Waals surface area contributed by atoms with E-state index in [1.807, 2.05) is 24.3 Å². The zero-order chi connectivity index (χ0) is 22.2.